The quantitative estimate of drug-likeness (QED) is 0.681. The molecule has 1 aliphatic rings. The van der Waals surface area contributed by atoms with Gasteiger partial charge in [-0.2, -0.15) is 4.98 Å². The van der Waals surface area contributed by atoms with Gasteiger partial charge in [-0.1, -0.05) is 23.4 Å². The number of hydrogen-bond acceptors (Lipinski definition) is 6. The summed E-state index contributed by atoms with van der Waals surface area (Å²) in [7, 11) is 0. The summed E-state index contributed by atoms with van der Waals surface area (Å²) in [6, 6.07) is 13.3. The Balaban J connectivity index is 0.00000210. The first-order valence-corrected chi connectivity index (χ1v) is 9.10. The van der Waals surface area contributed by atoms with Gasteiger partial charge in [0.25, 0.3) is 0 Å². The highest BCUT2D eigenvalue weighted by molar-refractivity contribution is 5.85. The predicted molar refractivity (Wildman–Crippen MR) is 105 cm³/mol. The average molecular weight is 387 g/mol. The number of hydrogen-bond donors (Lipinski definition) is 1. The number of rotatable bonds is 6. The number of aromatic nitrogens is 3. The molecule has 2 aromatic heterocycles. The fraction of sp³-hybridized carbons (Fsp3) is 0.350. The number of para-hydroxylation sites is 1. The zero-order chi connectivity index (χ0) is 17.6. The predicted octanol–water partition coefficient (Wildman–Crippen LogP) is 4.28. The highest BCUT2D eigenvalue weighted by Gasteiger charge is 2.17. The molecule has 3 aromatic rings. The number of nitrogens with one attached hydrogen (secondary N) is 1. The average Bonchev–Trinajstić information content (AvgIpc) is 3.17. The van der Waals surface area contributed by atoms with Crippen LogP contribution in [-0.2, 0) is 6.42 Å². The highest BCUT2D eigenvalue weighted by atomic mass is 35.5. The topological polar surface area (TPSA) is 73.1 Å². The molecular weight excluding hydrogens is 364 g/mol. The van der Waals surface area contributed by atoms with E-state index in [-0.39, 0.29) is 12.4 Å². The molecule has 0 radical (unpaired) electrons. The molecule has 0 atom stereocenters. The molecule has 1 N–H and O–H groups in total. The molecule has 3 heterocycles. The first-order valence-electron chi connectivity index (χ1n) is 9.10. The van der Waals surface area contributed by atoms with Crippen molar-refractivity contribution in [1.29, 1.82) is 0 Å². The van der Waals surface area contributed by atoms with E-state index in [1.807, 2.05) is 42.5 Å². The molecule has 6 nitrogen and oxygen atoms in total. The SMILES string of the molecule is Cl.c1ccc(Oc2ncccc2-c2noc(CCC3CCNCC3)n2)cc1. The van der Waals surface area contributed by atoms with E-state index in [9.17, 15) is 0 Å². The molecule has 1 fully saturated rings. The van der Waals surface area contributed by atoms with Crippen molar-refractivity contribution in [3.63, 3.8) is 0 Å². The molecule has 1 aromatic carbocycles. The lowest BCUT2D eigenvalue weighted by Gasteiger charge is -2.21. The van der Waals surface area contributed by atoms with E-state index in [1.165, 1.54) is 12.8 Å². The zero-order valence-electron chi connectivity index (χ0n) is 15.0. The van der Waals surface area contributed by atoms with Crippen LogP contribution in [0.1, 0.15) is 25.2 Å². The fourth-order valence-electron chi connectivity index (χ4n) is 3.21. The highest BCUT2D eigenvalue weighted by Crippen LogP contribution is 2.29. The third-order valence-corrected chi connectivity index (χ3v) is 4.66. The van der Waals surface area contributed by atoms with Crippen LogP contribution in [0.25, 0.3) is 11.4 Å². The molecular formula is C20H23ClN4O2. The van der Waals surface area contributed by atoms with Crippen LogP contribution in [0, 0.1) is 5.92 Å². The summed E-state index contributed by atoms with van der Waals surface area (Å²) in [4.78, 5) is 8.88. The van der Waals surface area contributed by atoms with Gasteiger partial charge in [-0.3, -0.25) is 0 Å². The Hall–Kier alpha value is -2.44. The molecule has 0 bridgehead atoms. The van der Waals surface area contributed by atoms with E-state index in [1.54, 1.807) is 6.20 Å². The first kappa shape index (κ1) is 19.3. The van der Waals surface area contributed by atoms with Crippen molar-refractivity contribution in [3.8, 4) is 23.0 Å². The van der Waals surface area contributed by atoms with Gasteiger partial charge in [0, 0.05) is 12.6 Å². The molecule has 0 amide bonds. The lowest BCUT2D eigenvalue weighted by Crippen LogP contribution is -2.27. The lowest BCUT2D eigenvalue weighted by molar-refractivity contribution is 0.324. The third-order valence-electron chi connectivity index (χ3n) is 4.66. The molecule has 0 saturated carbocycles. The summed E-state index contributed by atoms with van der Waals surface area (Å²) in [6.07, 6.45) is 6.04. The largest absolute Gasteiger partial charge is 0.438 e. The maximum Gasteiger partial charge on any atom is 0.230 e. The van der Waals surface area contributed by atoms with Gasteiger partial charge in [0.05, 0.1) is 5.56 Å². The van der Waals surface area contributed by atoms with Crippen LogP contribution in [0.2, 0.25) is 0 Å². The fourth-order valence-corrected chi connectivity index (χ4v) is 3.21. The van der Waals surface area contributed by atoms with Gasteiger partial charge in [0.15, 0.2) is 0 Å². The molecule has 7 heteroatoms. The number of benzene rings is 1. The minimum absolute atomic E-state index is 0. The summed E-state index contributed by atoms with van der Waals surface area (Å²) in [5, 5.41) is 7.53. The maximum atomic E-state index is 5.89. The molecule has 0 spiro atoms. The maximum absolute atomic E-state index is 5.89. The summed E-state index contributed by atoms with van der Waals surface area (Å²) in [6.45, 7) is 2.21. The van der Waals surface area contributed by atoms with Gasteiger partial charge in [0.2, 0.25) is 17.6 Å². The molecule has 1 aliphatic heterocycles. The van der Waals surface area contributed by atoms with Crippen molar-refractivity contribution in [3.05, 3.63) is 54.6 Å². The monoisotopic (exact) mass is 386 g/mol. The minimum atomic E-state index is 0. The molecule has 4 rings (SSSR count). The number of ether oxygens (including phenoxy) is 1. The molecule has 1 saturated heterocycles. The summed E-state index contributed by atoms with van der Waals surface area (Å²) in [5.74, 6) is 3.13. The standard InChI is InChI=1S/C20H22N4O2.ClH/c1-2-5-16(6-3-1)25-20-17(7-4-12-22-20)19-23-18(26-24-19)9-8-15-10-13-21-14-11-15;/h1-7,12,15,21H,8-11,13-14H2;1H. The van der Waals surface area contributed by atoms with Gasteiger partial charge in [0.1, 0.15) is 5.75 Å². The van der Waals surface area contributed by atoms with E-state index in [0.717, 1.165) is 43.2 Å². The summed E-state index contributed by atoms with van der Waals surface area (Å²) < 4.78 is 11.3. The third kappa shape index (κ3) is 5.05. The van der Waals surface area contributed by atoms with Gasteiger partial charge in [-0.05, 0) is 62.5 Å². The van der Waals surface area contributed by atoms with E-state index < -0.39 is 0 Å². The van der Waals surface area contributed by atoms with Gasteiger partial charge in [-0.25, -0.2) is 4.98 Å². The second kappa shape index (κ2) is 9.48. The van der Waals surface area contributed by atoms with Crippen LogP contribution >= 0.6 is 12.4 Å². The molecule has 27 heavy (non-hydrogen) atoms. The van der Waals surface area contributed by atoms with Crippen LogP contribution in [0.15, 0.2) is 53.2 Å². The second-order valence-electron chi connectivity index (χ2n) is 6.52. The Kier molecular flexibility index (Phi) is 6.79. The molecule has 0 unspecified atom stereocenters. The van der Waals surface area contributed by atoms with Crippen LogP contribution in [-0.4, -0.2) is 28.2 Å². The van der Waals surface area contributed by atoms with Crippen molar-refractivity contribution in [2.24, 2.45) is 5.92 Å². The second-order valence-corrected chi connectivity index (χ2v) is 6.52. The van der Waals surface area contributed by atoms with E-state index in [2.05, 4.69) is 20.4 Å². The van der Waals surface area contributed by atoms with Gasteiger partial charge >= 0.3 is 0 Å². The normalized spacial score (nSPS) is 14.5. The lowest BCUT2D eigenvalue weighted by atomic mass is 9.93. The minimum Gasteiger partial charge on any atom is -0.438 e. The summed E-state index contributed by atoms with van der Waals surface area (Å²) in [5.41, 5.74) is 0.730. The number of pyridine rings is 1. The van der Waals surface area contributed by atoms with Crippen molar-refractivity contribution in [2.45, 2.75) is 25.7 Å². The Morgan fingerprint density at radius 2 is 1.89 bits per heavy atom. The van der Waals surface area contributed by atoms with Gasteiger partial charge < -0.3 is 14.6 Å². The molecule has 142 valence electrons. The van der Waals surface area contributed by atoms with Gasteiger partial charge in [-0.15, -0.1) is 12.4 Å². The Morgan fingerprint density at radius 3 is 2.70 bits per heavy atom. The van der Waals surface area contributed by atoms with Crippen LogP contribution < -0.4 is 10.1 Å². The van der Waals surface area contributed by atoms with Crippen molar-refractivity contribution >= 4 is 12.4 Å². The van der Waals surface area contributed by atoms with Crippen molar-refractivity contribution in [2.75, 3.05) is 13.1 Å². The van der Waals surface area contributed by atoms with E-state index in [4.69, 9.17) is 9.26 Å². The Labute approximate surface area is 164 Å². The van der Waals surface area contributed by atoms with Crippen LogP contribution in [0.4, 0.5) is 0 Å². The summed E-state index contributed by atoms with van der Waals surface area (Å²) >= 11 is 0. The first-order chi connectivity index (χ1) is 12.9. The van der Waals surface area contributed by atoms with E-state index >= 15 is 0 Å². The molecule has 0 aliphatic carbocycles. The van der Waals surface area contributed by atoms with E-state index in [0.29, 0.717) is 17.6 Å². The van der Waals surface area contributed by atoms with Crippen LogP contribution in [0.3, 0.4) is 0 Å². The van der Waals surface area contributed by atoms with Crippen molar-refractivity contribution in [1.82, 2.24) is 20.4 Å². The van der Waals surface area contributed by atoms with Crippen molar-refractivity contribution < 1.29 is 9.26 Å². The smallest absolute Gasteiger partial charge is 0.230 e. The zero-order valence-corrected chi connectivity index (χ0v) is 15.8. The Bertz CT molecular complexity index is 835. The number of piperidine rings is 1. The number of halogens is 1. The number of aryl methyl sites for hydroxylation is 1. The number of nitrogens with zero attached hydrogens (tertiary/aromatic N) is 3. The Morgan fingerprint density at radius 1 is 1.07 bits per heavy atom. The van der Waals surface area contributed by atoms with Crippen LogP contribution in [0.5, 0.6) is 11.6 Å².